The Morgan fingerprint density at radius 1 is 1.07 bits per heavy atom. The third kappa shape index (κ3) is 4.73. The van der Waals surface area contributed by atoms with E-state index in [-0.39, 0.29) is 23.0 Å². The number of hydrogen-bond donors (Lipinski definition) is 1. The molecule has 0 saturated carbocycles. The zero-order valence-corrected chi connectivity index (χ0v) is 16.0. The normalized spacial score (nSPS) is 16.2. The van der Waals surface area contributed by atoms with Crippen molar-refractivity contribution in [3.05, 3.63) is 59.9 Å². The second-order valence-corrected chi connectivity index (χ2v) is 8.83. The molecule has 0 aromatic heterocycles. The Morgan fingerprint density at radius 2 is 1.67 bits per heavy atom. The lowest BCUT2D eigenvalue weighted by Gasteiger charge is -2.29. The lowest BCUT2D eigenvalue weighted by molar-refractivity contribution is 0.101. The van der Waals surface area contributed by atoms with Crippen LogP contribution in [-0.4, -0.2) is 38.1 Å². The molecule has 27 heavy (non-hydrogen) atoms. The van der Waals surface area contributed by atoms with Gasteiger partial charge in [0.25, 0.3) is 0 Å². The first kappa shape index (κ1) is 19.5. The van der Waals surface area contributed by atoms with Crippen molar-refractivity contribution in [1.29, 1.82) is 0 Å². The van der Waals surface area contributed by atoms with Crippen LogP contribution in [0.3, 0.4) is 0 Å². The van der Waals surface area contributed by atoms with Crippen molar-refractivity contribution >= 4 is 21.5 Å². The molecule has 2 aromatic rings. The molecular weight excluding hydrogens is 367 g/mol. The second-order valence-electron chi connectivity index (χ2n) is 6.89. The molecular formula is C20H23FN2O3S. The van der Waals surface area contributed by atoms with Gasteiger partial charge in [0.1, 0.15) is 5.82 Å². The number of carbonyl (C=O) groups is 1. The van der Waals surface area contributed by atoms with Crippen LogP contribution in [0.2, 0.25) is 0 Å². The van der Waals surface area contributed by atoms with Gasteiger partial charge in [-0.2, -0.15) is 4.31 Å². The molecule has 144 valence electrons. The van der Waals surface area contributed by atoms with Crippen LogP contribution in [0.4, 0.5) is 10.1 Å². The number of halogens is 1. The summed E-state index contributed by atoms with van der Waals surface area (Å²) in [6.45, 7) is 3.24. The van der Waals surface area contributed by atoms with E-state index in [2.05, 4.69) is 12.2 Å². The molecule has 0 unspecified atom stereocenters. The van der Waals surface area contributed by atoms with Gasteiger partial charge >= 0.3 is 0 Å². The SMILES string of the molecule is CC1CCN(S(=O)(=O)c2ccc(C(=O)CNc3ccc(F)cc3)cc2)CC1. The van der Waals surface area contributed by atoms with Gasteiger partial charge in [0.05, 0.1) is 11.4 Å². The van der Waals surface area contributed by atoms with Crippen molar-refractivity contribution in [2.75, 3.05) is 25.0 Å². The average molecular weight is 390 g/mol. The summed E-state index contributed by atoms with van der Waals surface area (Å²) in [7, 11) is -3.52. The highest BCUT2D eigenvalue weighted by molar-refractivity contribution is 7.89. The van der Waals surface area contributed by atoms with E-state index in [0.717, 1.165) is 12.8 Å². The Labute approximate surface area is 159 Å². The standard InChI is InChI=1S/C20H23FN2O3S/c1-15-10-12-23(13-11-15)27(25,26)19-8-2-16(3-9-19)20(24)14-22-18-6-4-17(21)5-7-18/h2-9,15,22H,10-14H2,1H3. The summed E-state index contributed by atoms with van der Waals surface area (Å²) < 4.78 is 39.8. The summed E-state index contributed by atoms with van der Waals surface area (Å²) in [4.78, 5) is 12.5. The number of nitrogens with one attached hydrogen (secondary N) is 1. The molecule has 1 saturated heterocycles. The molecule has 1 fully saturated rings. The van der Waals surface area contributed by atoms with Crippen LogP contribution in [0.15, 0.2) is 53.4 Å². The molecule has 0 atom stereocenters. The largest absolute Gasteiger partial charge is 0.378 e. The van der Waals surface area contributed by atoms with Crippen molar-refractivity contribution in [2.24, 2.45) is 5.92 Å². The molecule has 1 aliphatic heterocycles. The molecule has 0 bridgehead atoms. The maximum Gasteiger partial charge on any atom is 0.243 e. The van der Waals surface area contributed by atoms with Gasteiger partial charge in [-0.25, -0.2) is 12.8 Å². The van der Waals surface area contributed by atoms with Gasteiger partial charge in [-0.1, -0.05) is 6.92 Å². The summed E-state index contributed by atoms with van der Waals surface area (Å²) in [5.41, 5.74) is 1.07. The average Bonchev–Trinajstić information content (AvgIpc) is 2.68. The number of carbonyl (C=O) groups excluding carboxylic acids is 1. The zero-order chi connectivity index (χ0) is 19.4. The smallest absolute Gasteiger partial charge is 0.243 e. The Morgan fingerprint density at radius 3 is 2.26 bits per heavy atom. The Kier molecular flexibility index (Phi) is 5.92. The molecule has 0 radical (unpaired) electrons. The summed E-state index contributed by atoms with van der Waals surface area (Å²) in [6.07, 6.45) is 1.73. The highest BCUT2D eigenvalue weighted by atomic mass is 32.2. The van der Waals surface area contributed by atoms with Crippen LogP contribution in [0.25, 0.3) is 0 Å². The van der Waals surface area contributed by atoms with Crippen LogP contribution >= 0.6 is 0 Å². The van der Waals surface area contributed by atoms with E-state index in [0.29, 0.717) is 30.3 Å². The summed E-state index contributed by atoms with van der Waals surface area (Å²) >= 11 is 0. The fourth-order valence-electron chi connectivity index (χ4n) is 3.04. The number of piperidine rings is 1. The number of benzene rings is 2. The molecule has 2 aromatic carbocycles. The van der Waals surface area contributed by atoms with Crippen molar-refractivity contribution in [3.8, 4) is 0 Å². The molecule has 0 spiro atoms. The van der Waals surface area contributed by atoms with Crippen LogP contribution in [0.5, 0.6) is 0 Å². The number of anilines is 1. The monoisotopic (exact) mass is 390 g/mol. The maximum atomic E-state index is 12.9. The summed E-state index contributed by atoms with van der Waals surface area (Å²) in [6, 6.07) is 11.8. The van der Waals surface area contributed by atoms with E-state index < -0.39 is 10.0 Å². The van der Waals surface area contributed by atoms with Crippen molar-refractivity contribution in [1.82, 2.24) is 4.31 Å². The Bertz CT molecular complexity index is 888. The van der Waals surface area contributed by atoms with Crippen LogP contribution in [0, 0.1) is 11.7 Å². The minimum atomic E-state index is -3.52. The first-order valence-corrected chi connectivity index (χ1v) is 10.4. The highest BCUT2D eigenvalue weighted by Gasteiger charge is 2.28. The van der Waals surface area contributed by atoms with Crippen LogP contribution < -0.4 is 5.32 Å². The molecule has 1 heterocycles. The fraction of sp³-hybridized carbons (Fsp3) is 0.350. The Balaban J connectivity index is 1.63. The molecule has 3 rings (SSSR count). The zero-order valence-electron chi connectivity index (χ0n) is 15.2. The van der Waals surface area contributed by atoms with Crippen molar-refractivity contribution in [3.63, 3.8) is 0 Å². The Hall–Kier alpha value is -2.25. The number of nitrogens with zero attached hydrogens (tertiary/aromatic N) is 1. The number of Topliss-reactive ketones (excluding diaryl/α,β-unsaturated/α-hetero) is 1. The first-order chi connectivity index (χ1) is 12.9. The van der Waals surface area contributed by atoms with E-state index >= 15 is 0 Å². The molecule has 0 aliphatic carbocycles. The maximum absolute atomic E-state index is 12.9. The van der Waals surface area contributed by atoms with Gasteiger partial charge in [-0.15, -0.1) is 0 Å². The van der Waals surface area contributed by atoms with Crippen LogP contribution in [0.1, 0.15) is 30.1 Å². The highest BCUT2D eigenvalue weighted by Crippen LogP contribution is 2.23. The lowest BCUT2D eigenvalue weighted by atomic mass is 10.0. The van der Waals surface area contributed by atoms with E-state index in [1.807, 2.05) is 0 Å². The summed E-state index contributed by atoms with van der Waals surface area (Å²) in [5.74, 6) is 0.0342. The number of ketones is 1. The van der Waals surface area contributed by atoms with E-state index in [9.17, 15) is 17.6 Å². The van der Waals surface area contributed by atoms with Crippen molar-refractivity contribution < 1.29 is 17.6 Å². The van der Waals surface area contributed by atoms with Gasteiger partial charge in [-0.3, -0.25) is 4.79 Å². The van der Waals surface area contributed by atoms with Crippen LogP contribution in [-0.2, 0) is 10.0 Å². The topological polar surface area (TPSA) is 66.5 Å². The van der Waals surface area contributed by atoms with E-state index in [4.69, 9.17) is 0 Å². The summed E-state index contributed by atoms with van der Waals surface area (Å²) in [5, 5.41) is 2.93. The number of hydrogen-bond acceptors (Lipinski definition) is 4. The number of sulfonamides is 1. The lowest BCUT2D eigenvalue weighted by Crippen LogP contribution is -2.37. The third-order valence-corrected chi connectivity index (χ3v) is 6.77. The molecule has 5 nitrogen and oxygen atoms in total. The third-order valence-electron chi connectivity index (χ3n) is 4.85. The minimum absolute atomic E-state index is 0.0434. The minimum Gasteiger partial charge on any atom is -0.378 e. The van der Waals surface area contributed by atoms with E-state index in [1.54, 1.807) is 12.1 Å². The van der Waals surface area contributed by atoms with Gasteiger partial charge in [0.2, 0.25) is 10.0 Å². The predicted octanol–water partition coefficient (Wildman–Crippen LogP) is 3.54. The molecule has 1 N–H and O–H groups in total. The van der Waals surface area contributed by atoms with E-state index in [1.165, 1.54) is 40.7 Å². The van der Waals surface area contributed by atoms with Crippen molar-refractivity contribution in [2.45, 2.75) is 24.7 Å². The van der Waals surface area contributed by atoms with Gasteiger partial charge in [-0.05, 0) is 67.3 Å². The van der Waals surface area contributed by atoms with Gasteiger partial charge < -0.3 is 5.32 Å². The predicted molar refractivity (Wildman–Crippen MR) is 103 cm³/mol. The molecule has 7 heteroatoms. The van der Waals surface area contributed by atoms with Gasteiger partial charge in [0, 0.05) is 24.3 Å². The molecule has 0 amide bonds. The first-order valence-electron chi connectivity index (χ1n) is 8.99. The second kappa shape index (κ2) is 8.19. The fourth-order valence-corrected chi connectivity index (χ4v) is 4.51. The number of rotatable bonds is 6. The quantitative estimate of drug-likeness (QED) is 0.766. The molecule has 1 aliphatic rings. The van der Waals surface area contributed by atoms with Gasteiger partial charge in [0.15, 0.2) is 5.78 Å².